The van der Waals surface area contributed by atoms with Crippen LogP contribution in [-0.4, -0.2) is 20.2 Å². The van der Waals surface area contributed by atoms with Crippen LogP contribution in [0.5, 0.6) is 11.6 Å². The van der Waals surface area contributed by atoms with Gasteiger partial charge in [-0.2, -0.15) is 5.10 Å². The van der Waals surface area contributed by atoms with E-state index >= 15 is 0 Å². The molecule has 0 radical (unpaired) electrons. The average Bonchev–Trinajstić information content (AvgIpc) is 3.10. The summed E-state index contributed by atoms with van der Waals surface area (Å²) in [5.41, 5.74) is 3.18. The Morgan fingerprint density at radius 3 is 2.92 bits per heavy atom. The van der Waals surface area contributed by atoms with E-state index in [1.807, 2.05) is 42.6 Å². The first-order chi connectivity index (χ1) is 11.9. The Labute approximate surface area is 138 Å². The molecule has 4 rings (SSSR count). The van der Waals surface area contributed by atoms with E-state index in [9.17, 15) is 0 Å². The van der Waals surface area contributed by atoms with Crippen molar-refractivity contribution >= 4 is 16.6 Å². The Balaban J connectivity index is 1.49. The zero-order chi connectivity index (χ0) is 16.2. The van der Waals surface area contributed by atoms with Gasteiger partial charge in [-0.15, -0.1) is 0 Å². The van der Waals surface area contributed by atoms with Crippen molar-refractivity contribution in [3.05, 3.63) is 72.8 Å². The Morgan fingerprint density at radius 1 is 1.04 bits per heavy atom. The molecule has 0 fully saturated rings. The summed E-state index contributed by atoms with van der Waals surface area (Å²) in [6.07, 6.45) is 6.62. The highest BCUT2D eigenvalue weighted by Crippen LogP contribution is 2.23. The Bertz CT molecular complexity index is 952. The predicted molar refractivity (Wildman–Crippen MR) is 92.0 cm³/mol. The van der Waals surface area contributed by atoms with Crippen molar-refractivity contribution in [2.75, 3.05) is 5.32 Å². The van der Waals surface area contributed by atoms with Crippen LogP contribution in [0.1, 0.15) is 5.56 Å². The molecule has 2 N–H and O–H groups in total. The number of nitrogens with one attached hydrogen (secondary N) is 2. The molecule has 0 spiro atoms. The summed E-state index contributed by atoms with van der Waals surface area (Å²) in [5.74, 6) is 1.18. The third-order valence-corrected chi connectivity index (χ3v) is 3.64. The largest absolute Gasteiger partial charge is 0.437 e. The van der Waals surface area contributed by atoms with Crippen LogP contribution in [0.15, 0.2) is 67.3 Å². The van der Waals surface area contributed by atoms with Gasteiger partial charge < -0.3 is 10.1 Å². The van der Waals surface area contributed by atoms with Crippen molar-refractivity contribution in [2.24, 2.45) is 0 Å². The molecule has 0 saturated carbocycles. The molecule has 0 aliphatic carbocycles. The smallest absolute Gasteiger partial charge is 0.237 e. The van der Waals surface area contributed by atoms with E-state index in [1.165, 1.54) is 0 Å². The Kier molecular flexibility index (Phi) is 3.77. The predicted octanol–water partition coefficient (Wildman–Crippen LogP) is 3.76. The van der Waals surface area contributed by atoms with Crippen LogP contribution in [0, 0.1) is 0 Å². The van der Waals surface area contributed by atoms with Gasteiger partial charge in [0.25, 0.3) is 0 Å². The maximum atomic E-state index is 5.70. The van der Waals surface area contributed by atoms with Crippen molar-refractivity contribution in [3.8, 4) is 11.6 Å². The highest BCUT2D eigenvalue weighted by molar-refractivity contribution is 5.81. The summed E-state index contributed by atoms with van der Waals surface area (Å²) in [4.78, 5) is 8.10. The molecule has 0 aliphatic rings. The van der Waals surface area contributed by atoms with E-state index in [1.54, 1.807) is 18.6 Å². The van der Waals surface area contributed by atoms with Crippen LogP contribution in [0.4, 0.5) is 5.69 Å². The van der Waals surface area contributed by atoms with Gasteiger partial charge in [-0.3, -0.25) is 10.1 Å². The quantitative estimate of drug-likeness (QED) is 0.586. The molecule has 118 valence electrons. The summed E-state index contributed by atoms with van der Waals surface area (Å²) < 4.78 is 5.70. The number of ether oxygens (including phenoxy) is 1. The topological polar surface area (TPSA) is 75.7 Å². The van der Waals surface area contributed by atoms with Crippen molar-refractivity contribution in [2.45, 2.75) is 6.54 Å². The van der Waals surface area contributed by atoms with Crippen LogP contribution >= 0.6 is 0 Å². The second-order valence-corrected chi connectivity index (χ2v) is 5.28. The van der Waals surface area contributed by atoms with Crippen molar-refractivity contribution < 1.29 is 4.74 Å². The van der Waals surface area contributed by atoms with E-state index in [2.05, 4.69) is 31.5 Å². The highest BCUT2D eigenvalue weighted by atomic mass is 16.5. The number of anilines is 1. The zero-order valence-electron chi connectivity index (χ0n) is 12.8. The number of benzene rings is 2. The van der Waals surface area contributed by atoms with E-state index < -0.39 is 0 Å². The van der Waals surface area contributed by atoms with E-state index in [0.29, 0.717) is 18.2 Å². The first-order valence-corrected chi connectivity index (χ1v) is 7.57. The van der Waals surface area contributed by atoms with Gasteiger partial charge in [0.2, 0.25) is 5.88 Å². The average molecular weight is 317 g/mol. The van der Waals surface area contributed by atoms with Crippen LogP contribution in [0.25, 0.3) is 10.9 Å². The SMILES string of the molecule is c1cc(NCc2cccc3cn[nH]c23)cc(Oc2cnccn2)c1. The second kappa shape index (κ2) is 6.37. The third kappa shape index (κ3) is 3.03. The number of rotatable bonds is 5. The zero-order valence-corrected chi connectivity index (χ0v) is 12.8. The molecule has 4 aromatic rings. The Morgan fingerprint density at radius 2 is 2.00 bits per heavy atom. The molecular formula is C18H15N5O. The minimum atomic E-state index is 0.469. The lowest BCUT2D eigenvalue weighted by Gasteiger charge is -2.09. The summed E-state index contributed by atoms with van der Waals surface area (Å²) in [7, 11) is 0. The molecule has 6 nitrogen and oxygen atoms in total. The van der Waals surface area contributed by atoms with Gasteiger partial charge >= 0.3 is 0 Å². The first-order valence-electron chi connectivity index (χ1n) is 7.57. The van der Waals surface area contributed by atoms with Gasteiger partial charge in [0.1, 0.15) is 5.75 Å². The number of hydrogen-bond donors (Lipinski definition) is 2. The molecular weight excluding hydrogens is 302 g/mol. The van der Waals surface area contributed by atoms with Crippen LogP contribution in [-0.2, 0) is 6.54 Å². The van der Waals surface area contributed by atoms with Crippen LogP contribution in [0.3, 0.4) is 0 Å². The summed E-state index contributed by atoms with van der Waals surface area (Å²) >= 11 is 0. The number of aromatic amines is 1. The van der Waals surface area contributed by atoms with Gasteiger partial charge in [-0.05, 0) is 17.7 Å². The molecule has 0 atom stereocenters. The highest BCUT2D eigenvalue weighted by Gasteiger charge is 2.04. The van der Waals surface area contributed by atoms with E-state index in [0.717, 1.165) is 22.2 Å². The standard InChI is InChI=1S/C18H15N5O/c1-3-13(18-14(4-1)11-22-23-18)10-21-15-5-2-6-16(9-15)24-17-12-19-7-8-20-17/h1-9,11-12,21H,10H2,(H,22,23). The van der Waals surface area contributed by atoms with Crippen LogP contribution < -0.4 is 10.1 Å². The van der Waals surface area contributed by atoms with Crippen molar-refractivity contribution in [3.63, 3.8) is 0 Å². The summed E-state index contributed by atoms with van der Waals surface area (Å²) in [6.45, 7) is 0.689. The molecule has 0 bridgehead atoms. The Hall–Kier alpha value is -3.41. The normalized spacial score (nSPS) is 10.7. The van der Waals surface area contributed by atoms with Crippen molar-refractivity contribution in [1.29, 1.82) is 0 Å². The number of H-pyrrole nitrogens is 1. The monoisotopic (exact) mass is 317 g/mol. The molecule has 0 unspecified atom stereocenters. The summed E-state index contributed by atoms with van der Waals surface area (Å²) in [5, 5.41) is 11.6. The lowest BCUT2D eigenvalue weighted by molar-refractivity contribution is 0.460. The number of nitrogens with zero attached hydrogens (tertiary/aromatic N) is 3. The van der Waals surface area contributed by atoms with Gasteiger partial charge in [0, 0.05) is 36.1 Å². The molecule has 6 heteroatoms. The minimum Gasteiger partial charge on any atom is -0.437 e. The first kappa shape index (κ1) is 14.2. The van der Waals surface area contributed by atoms with Gasteiger partial charge in [0.05, 0.1) is 17.9 Å². The number of fused-ring (bicyclic) bond motifs is 1. The number of hydrogen-bond acceptors (Lipinski definition) is 5. The lowest BCUT2D eigenvalue weighted by atomic mass is 10.1. The number of para-hydroxylation sites is 1. The fourth-order valence-electron chi connectivity index (χ4n) is 2.50. The lowest BCUT2D eigenvalue weighted by Crippen LogP contribution is -2.00. The van der Waals surface area contributed by atoms with Gasteiger partial charge in [-0.25, -0.2) is 4.98 Å². The molecule has 2 heterocycles. The fourth-order valence-corrected chi connectivity index (χ4v) is 2.50. The molecule has 0 amide bonds. The molecule has 0 saturated heterocycles. The maximum absolute atomic E-state index is 5.70. The summed E-state index contributed by atoms with van der Waals surface area (Å²) in [6, 6.07) is 13.9. The fraction of sp³-hybridized carbons (Fsp3) is 0.0556. The molecule has 2 aromatic carbocycles. The third-order valence-electron chi connectivity index (χ3n) is 3.64. The van der Waals surface area contributed by atoms with Gasteiger partial charge in [0.15, 0.2) is 0 Å². The minimum absolute atomic E-state index is 0.469. The van der Waals surface area contributed by atoms with Crippen LogP contribution in [0.2, 0.25) is 0 Å². The van der Waals surface area contributed by atoms with Crippen molar-refractivity contribution in [1.82, 2.24) is 20.2 Å². The molecule has 2 aromatic heterocycles. The van der Waals surface area contributed by atoms with Gasteiger partial charge in [-0.1, -0.05) is 24.3 Å². The number of aromatic nitrogens is 4. The maximum Gasteiger partial charge on any atom is 0.237 e. The van der Waals surface area contributed by atoms with E-state index in [-0.39, 0.29) is 0 Å². The molecule has 24 heavy (non-hydrogen) atoms. The second-order valence-electron chi connectivity index (χ2n) is 5.28. The molecule has 0 aliphatic heterocycles. The van der Waals surface area contributed by atoms with E-state index in [4.69, 9.17) is 4.74 Å².